The Kier molecular flexibility index (Phi) is 5.26. The van der Waals surface area contributed by atoms with E-state index < -0.39 is 0 Å². The summed E-state index contributed by atoms with van der Waals surface area (Å²) in [7, 11) is 2.18. The molecule has 0 aromatic carbocycles. The van der Waals surface area contributed by atoms with Gasteiger partial charge < -0.3 is 15.0 Å². The minimum absolute atomic E-state index is 0.396. The quantitative estimate of drug-likeness (QED) is 0.810. The van der Waals surface area contributed by atoms with Crippen molar-refractivity contribution in [2.24, 2.45) is 11.8 Å². The second-order valence-corrected chi connectivity index (χ2v) is 5.94. The van der Waals surface area contributed by atoms with Gasteiger partial charge in [0.2, 0.25) is 0 Å². The number of morpholine rings is 1. The molecule has 1 saturated carbocycles. The van der Waals surface area contributed by atoms with Crippen LogP contribution in [0.2, 0.25) is 0 Å². The molecule has 0 radical (unpaired) electrons. The van der Waals surface area contributed by atoms with Crippen LogP contribution in [0, 0.1) is 11.8 Å². The van der Waals surface area contributed by atoms with E-state index in [1.807, 2.05) is 0 Å². The second kappa shape index (κ2) is 6.72. The number of nitrogens with one attached hydrogen (secondary N) is 1. The fourth-order valence-corrected chi connectivity index (χ4v) is 3.12. The van der Waals surface area contributed by atoms with Crippen molar-refractivity contribution in [3.63, 3.8) is 0 Å². The molecule has 17 heavy (non-hydrogen) atoms. The van der Waals surface area contributed by atoms with Gasteiger partial charge in [0.15, 0.2) is 0 Å². The van der Waals surface area contributed by atoms with Gasteiger partial charge in [0.25, 0.3) is 0 Å². The maximum absolute atomic E-state index is 5.76. The Labute approximate surface area is 106 Å². The van der Waals surface area contributed by atoms with Gasteiger partial charge in [-0.15, -0.1) is 0 Å². The molecule has 3 atom stereocenters. The third kappa shape index (κ3) is 4.23. The van der Waals surface area contributed by atoms with Crippen LogP contribution in [0.15, 0.2) is 0 Å². The maximum atomic E-state index is 5.76. The fourth-order valence-electron chi connectivity index (χ4n) is 3.12. The molecule has 1 saturated heterocycles. The highest BCUT2D eigenvalue weighted by atomic mass is 16.5. The lowest BCUT2D eigenvalue weighted by molar-refractivity contribution is -0.0187. The van der Waals surface area contributed by atoms with Crippen LogP contribution < -0.4 is 5.32 Å². The summed E-state index contributed by atoms with van der Waals surface area (Å²) in [5, 5.41) is 3.62. The molecule has 100 valence electrons. The van der Waals surface area contributed by atoms with Crippen LogP contribution in [-0.4, -0.2) is 50.8 Å². The molecule has 1 heterocycles. The van der Waals surface area contributed by atoms with Crippen LogP contribution in [0.1, 0.15) is 32.6 Å². The number of hydrogen-bond acceptors (Lipinski definition) is 3. The average molecular weight is 240 g/mol. The van der Waals surface area contributed by atoms with E-state index in [1.165, 1.54) is 32.2 Å². The lowest BCUT2D eigenvalue weighted by Gasteiger charge is -2.32. The molecular formula is C14H28N2O. The van der Waals surface area contributed by atoms with Gasteiger partial charge >= 0.3 is 0 Å². The zero-order valence-electron chi connectivity index (χ0n) is 11.5. The molecular weight excluding hydrogens is 212 g/mol. The zero-order valence-corrected chi connectivity index (χ0v) is 11.5. The largest absolute Gasteiger partial charge is 0.374 e. The highest BCUT2D eigenvalue weighted by Crippen LogP contribution is 2.28. The smallest absolute Gasteiger partial charge is 0.0826 e. The number of nitrogens with zero attached hydrogens (tertiary/aromatic N) is 1. The summed E-state index contributed by atoms with van der Waals surface area (Å²) < 4.78 is 5.76. The number of ether oxygens (including phenoxy) is 1. The van der Waals surface area contributed by atoms with Gasteiger partial charge in [-0.3, -0.25) is 0 Å². The van der Waals surface area contributed by atoms with Crippen LogP contribution in [0.25, 0.3) is 0 Å². The Morgan fingerprint density at radius 1 is 1.24 bits per heavy atom. The molecule has 0 bridgehead atoms. The Morgan fingerprint density at radius 3 is 2.82 bits per heavy atom. The molecule has 0 aromatic rings. The summed E-state index contributed by atoms with van der Waals surface area (Å²) in [5.74, 6) is 1.80. The first kappa shape index (κ1) is 13.3. The molecule has 0 spiro atoms. The van der Waals surface area contributed by atoms with E-state index in [0.29, 0.717) is 6.10 Å². The van der Waals surface area contributed by atoms with E-state index in [9.17, 15) is 0 Å². The van der Waals surface area contributed by atoms with E-state index in [2.05, 4.69) is 24.2 Å². The molecule has 0 amide bonds. The predicted octanol–water partition coefficient (Wildman–Crippen LogP) is 1.73. The summed E-state index contributed by atoms with van der Waals surface area (Å²) in [5.41, 5.74) is 0. The minimum Gasteiger partial charge on any atom is -0.374 e. The lowest BCUT2D eigenvalue weighted by Crippen LogP contribution is -2.45. The van der Waals surface area contributed by atoms with Crippen molar-refractivity contribution >= 4 is 0 Å². The van der Waals surface area contributed by atoms with Gasteiger partial charge in [-0.05, 0) is 31.8 Å². The Hall–Kier alpha value is -0.120. The van der Waals surface area contributed by atoms with Crippen molar-refractivity contribution < 1.29 is 4.74 Å². The van der Waals surface area contributed by atoms with Crippen LogP contribution in [0.5, 0.6) is 0 Å². The standard InChI is InChI=1S/C14H28N2O/c1-12-5-3-4-6-13(12)9-15-10-14-11-16(2)7-8-17-14/h12-15H,3-11H2,1-2H3. The van der Waals surface area contributed by atoms with Crippen molar-refractivity contribution in [2.75, 3.05) is 39.8 Å². The van der Waals surface area contributed by atoms with Gasteiger partial charge in [0.05, 0.1) is 12.7 Å². The molecule has 3 unspecified atom stereocenters. The first-order valence-electron chi connectivity index (χ1n) is 7.26. The van der Waals surface area contributed by atoms with Gasteiger partial charge in [-0.25, -0.2) is 0 Å². The third-order valence-electron chi connectivity index (χ3n) is 4.41. The Bertz CT molecular complexity index is 222. The summed E-state index contributed by atoms with van der Waals surface area (Å²) >= 11 is 0. The first-order valence-corrected chi connectivity index (χ1v) is 7.26. The summed E-state index contributed by atoms with van der Waals surface area (Å²) in [6.07, 6.45) is 6.11. The summed E-state index contributed by atoms with van der Waals surface area (Å²) in [4.78, 5) is 2.36. The molecule has 1 aliphatic heterocycles. The van der Waals surface area contributed by atoms with E-state index in [-0.39, 0.29) is 0 Å². The first-order chi connectivity index (χ1) is 8.25. The van der Waals surface area contributed by atoms with E-state index in [1.54, 1.807) is 0 Å². The van der Waals surface area contributed by atoms with Crippen molar-refractivity contribution in [3.05, 3.63) is 0 Å². The molecule has 2 aliphatic rings. The lowest BCUT2D eigenvalue weighted by atomic mass is 9.80. The zero-order chi connectivity index (χ0) is 12.1. The van der Waals surface area contributed by atoms with Crippen LogP contribution >= 0.6 is 0 Å². The third-order valence-corrected chi connectivity index (χ3v) is 4.41. The fraction of sp³-hybridized carbons (Fsp3) is 1.00. The number of likely N-dealkylation sites (N-methyl/N-ethyl adjacent to an activating group) is 1. The summed E-state index contributed by atoms with van der Waals surface area (Å²) in [6, 6.07) is 0. The summed E-state index contributed by atoms with van der Waals surface area (Å²) in [6.45, 7) is 7.67. The normalized spacial score (nSPS) is 36.0. The van der Waals surface area contributed by atoms with E-state index in [0.717, 1.165) is 38.1 Å². The monoisotopic (exact) mass is 240 g/mol. The topological polar surface area (TPSA) is 24.5 Å². The van der Waals surface area contributed by atoms with Gasteiger partial charge in [0, 0.05) is 19.6 Å². The highest BCUT2D eigenvalue weighted by molar-refractivity contribution is 4.76. The second-order valence-electron chi connectivity index (χ2n) is 5.94. The minimum atomic E-state index is 0.396. The van der Waals surface area contributed by atoms with Crippen LogP contribution in [0.3, 0.4) is 0 Å². The van der Waals surface area contributed by atoms with Crippen molar-refractivity contribution in [1.82, 2.24) is 10.2 Å². The molecule has 1 N–H and O–H groups in total. The molecule has 0 aromatic heterocycles. The molecule has 2 rings (SSSR count). The van der Waals surface area contributed by atoms with Crippen LogP contribution in [-0.2, 0) is 4.74 Å². The Balaban J connectivity index is 1.61. The average Bonchev–Trinajstić information content (AvgIpc) is 2.32. The van der Waals surface area contributed by atoms with Gasteiger partial charge in [0.1, 0.15) is 0 Å². The molecule has 2 fully saturated rings. The van der Waals surface area contributed by atoms with Crippen molar-refractivity contribution in [3.8, 4) is 0 Å². The van der Waals surface area contributed by atoms with Gasteiger partial charge in [-0.1, -0.05) is 26.2 Å². The van der Waals surface area contributed by atoms with E-state index in [4.69, 9.17) is 4.74 Å². The van der Waals surface area contributed by atoms with E-state index >= 15 is 0 Å². The Morgan fingerprint density at radius 2 is 2.06 bits per heavy atom. The molecule has 1 aliphatic carbocycles. The van der Waals surface area contributed by atoms with Crippen molar-refractivity contribution in [2.45, 2.75) is 38.7 Å². The molecule has 3 heteroatoms. The van der Waals surface area contributed by atoms with Gasteiger partial charge in [-0.2, -0.15) is 0 Å². The maximum Gasteiger partial charge on any atom is 0.0826 e. The molecule has 3 nitrogen and oxygen atoms in total. The number of hydrogen-bond donors (Lipinski definition) is 1. The number of rotatable bonds is 4. The highest BCUT2D eigenvalue weighted by Gasteiger charge is 2.22. The van der Waals surface area contributed by atoms with Crippen LogP contribution in [0.4, 0.5) is 0 Å². The predicted molar refractivity (Wildman–Crippen MR) is 71.2 cm³/mol. The SMILES string of the molecule is CC1CCCCC1CNCC1CN(C)CCO1. The van der Waals surface area contributed by atoms with Crippen molar-refractivity contribution in [1.29, 1.82) is 0 Å².